The summed E-state index contributed by atoms with van der Waals surface area (Å²) >= 11 is 0. The third-order valence-electron chi connectivity index (χ3n) is 3.96. The molecule has 1 unspecified atom stereocenters. The number of nitrogens with zero attached hydrogens (tertiary/aromatic N) is 3. The van der Waals surface area contributed by atoms with Crippen molar-refractivity contribution in [3.05, 3.63) is 24.3 Å². The maximum Gasteiger partial charge on any atom is 0.222 e. The summed E-state index contributed by atoms with van der Waals surface area (Å²) in [4.78, 5) is 10.9. The van der Waals surface area contributed by atoms with E-state index in [-0.39, 0.29) is 12.6 Å². The van der Waals surface area contributed by atoms with Crippen molar-refractivity contribution in [1.82, 2.24) is 9.97 Å². The number of fused-ring (bicyclic) bond motifs is 1. The Hall–Kier alpha value is -1.88. The smallest absolute Gasteiger partial charge is 0.222 e. The fraction of sp³-hybridized carbons (Fsp3) is 0.467. The standard InChI is InChI=1S/C15H20N4O/c16-15-17-13-8-4-3-7-12(13)14(18-15)19-9-5-1-2-6-11(19)10-20/h3-4,7-8,11,20H,1-2,5-6,9-10H2,(H2,16,17,18). The maximum absolute atomic E-state index is 9.67. The number of aliphatic hydroxyl groups is 1. The lowest BCUT2D eigenvalue weighted by atomic mass is 10.1. The lowest BCUT2D eigenvalue weighted by molar-refractivity contribution is 0.255. The van der Waals surface area contributed by atoms with E-state index in [9.17, 15) is 5.11 Å². The van der Waals surface area contributed by atoms with E-state index in [2.05, 4.69) is 14.9 Å². The Morgan fingerprint density at radius 2 is 2.05 bits per heavy atom. The first-order chi connectivity index (χ1) is 9.79. The van der Waals surface area contributed by atoms with Gasteiger partial charge in [-0.2, -0.15) is 4.98 Å². The van der Waals surface area contributed by atoms with Gasteiger partial charge in [0.2, 0.25) is 5.95 Å². The van der Waals surface area contributed by atoms with Crippen LogP contribution in [0.3, 0.4) is 0 Å². The summed E-state index contributed by atoms with van der Waals surface area (Å²) < 4.78 is 0. The van der Waals surface area contributed by atoms with Crippen LogP contribution in [0.5, 0.6) is 0 Å². The molecule has 1 saturated heterocycles. The van der Waals surface area contributed by atoms with Gasteiger partial charge in [-0.1, -0.05) is 25.0 Å². The maximum atomic E-state index is 9.67. The predicted octanol–water partition coefficient (Wildman–Crippen LogP) is 1.95. The predicted molar refractivity (Wildman–Crippen MR) is 80.6 cm³/mol. The molecule has 0 saturated carbocycles. The van der Waals surface area contributed by atoms with Crippen LogP contribution in [0.15, 0.2) is 24.3 Å². The SMILES string of the molecule is Nc1nc(N2CCCCCC2CO)c2ccccc2n1. The summed E-state index contributed by atoms with van der Waals surface area (Å²) in [6.07, 6.45) is 4.47. The normalized spacial score (nSPS) is 20.1. The molecule has 0 amide bonds. The Bertz CT molecular complexity index is 601. The molecule has 2 heterocycles. The first kappa shape index (κ1) is 13.1. The third kappa shape index (κ3) is 2.41. The van der Waals surface area contributed by atoms with Gasteiger partial charge in [-0.25, -0.2) is 4.98 Å². The molecular formula is C15H20N4O. The lowest BCUT2D eigenvalue weighted by Crippen LogP contribution is -2.38. The van der Waals surface area contributed by atoms with Gasteiger partial charge in [0.25, 0.3) is 0 Å². The molecule has 1 aliphatic heterocycles. The summed E-state index contributed by atoms with van der Waals surface area (Å²) in [5.74, 6) is 1.15. The van der Waals surface area contributed by atoms with Gasteiger partial charge in [-0.15, -0.1) is 0 Å². The van der Waals surface area contributed by atoms with Crippen LogP contribution in [0.1, 0.15) is 25.7 Å². The largest absolute Gasteiger partial charge is 0.394 e. The van der Waals surface area contributed by atoms with Crippen molar-refractivity contribution in [2.45, 2.75) is 31.7 Å². The van der Waals surface area contributed by atoms with Crippen molar-refractivity contribution in [1.29, 1.82) is 0 Å². The van der Waals surface area contributed by atoms with Crippen LogP contribution in [-0.4, -0.2) is 34.3 Å². The Balaban J connectivity index is 2.11. The Morgan fingerprint density at radius 1 is 1.20 bits per heavy atom. The second-order valence-electron chi connectivity index (χ2n) is 5.30. The molecule has 1 aromatic heterocycles. The highest BCUT2D eigenvalue weighted by Gasteiger charge is 2.23. The van der Waals surface area contributed by atoms with Gasteiger partial charge < -0.3 is 15.7 Å². The van der Waals surface area contributed by atoms with Crippen molar-refractivity contribution in [2.24, 2.45) is 0 Å². The summed E-state index contributed by atoms with van der Waals surface area (Å²) in [5.41, 5.74) is 6.70. The minimum absolute atomic E-state index is 0.121. The molecule has 0 bridgehead atoms. The van der Waals surface area contributed by atoms with Crippen LogP contribution in [-0.2, 0) is 0 Å². The number of para-hydroxylation sites is 1. The Kier molecular flexibility index (Phi) is 3.69. The van der Waals surface area contributed by atoms with E-state index < -0.39 is 0 Å². The molecule has 5 nitrogen and oxygen atoms in total. The van der Waals surface area contributed by atoms with Gasteiger partial charge in [0, 0.05) is 11.9 Å². The van der Waals surface area contributed by atoms with Crippen molar-refractivity contribution in [2.75, 3.05) is 23.8 Å². The van der Waals surface area contributed by atoms with E-state index in [0.29, 0.717) is 5.95 Å². The number of benzene rings is 1. The highest BCUT2D eigenvalue weighted by Crippen LogP contribution is 2.29. The van der Waals surface area contributed by atoms with Crippen molar-refractivity contribution in [3.63, 3.8) is 0 Å². The highest BCUT2D eigenvalue weighted by molar-refractivity contribution is 5.90. The number of aliphatic hydroxyl groups excluding tert-OH is 1. The molecule has 2 aromatic rings. The molecule has 0 aliphatic carbocycles. The average Bonchev–Trinajstić information content (AvgIpc) is 2.71. The van der Waals surface area contributed by atoms with E-state index in [0.717, 1.165) is 42.5 Å². The molecule has 106 valence electrons. The Morgan fingerprint density at radius 3 is 2.90 bits per heavy atom. The number of anilines is 2. The van der Waals surface area contributed by atoms with Crippen molar-refractivity contribution < 1.29 is 5.11 Å². The van der Waals surface area contributed by atoms with Crippen LogP contribution in [0, 0.1) is 0 Å². The zero-order valence-electron chi connectivity index (χ0n) is 11.5. The topological polar surface area (TPSA) is 75.3 Å². The summed E-state index contributed by atoms with van der Waals surface area (Å²) in [6, 6.07) is 8.02. The average molecular weight is 272 g/mol. The molecule has 1 fully saturated rings. The molecule has 0 spiro atoms. The second kappa shape index (κ2) is 5.63. The molecule has 3 rings (SSSR count). The van der Waals surface area contributed by atoms with E-state index in [1.165, 1.54) is 6.42 Å². The number of nitrogens with two attached hydrogens (primary N) is 1. The number of aromatic nitrogens is 2. The zero-order valence-corrected chi connectivity index (χ0v) is 11.5. The van der Waals surface area contributed by atoms with Crippen LogP contribution >= 0.6 is 0 Å². The van der Waals surface area contributed by atoms with Gasteiger partial charge in [0.15, 0.2) is 0 Å². The number of hydrogen-bond acceptors (Lipinski definition) is 5. The number of rotatable bonds is 2. The van der Waals surface area contributed by atoms with Gasteiger partial charge in [-0.05, 0) is 25.0 Å². The molecule has 0 radical (unpaired) electrons. The number of nitrogen functional groups attached to an aromatic ring is 1. The summed E-state index contributed by atoms with van der Waals surface area (Å²) in [5, 5.41) is 10.7. The van der Waals surface area contributed by atoms with Gasteiger partial charge in [0.1, 0.15) is 5.82 Å². The second-order valence-corrected chi connectivity index (χ2v) is 5.30. The van der Waals surface area contributed by atoms with E-state index in [1.54, 1.807) is 0 Å². The van der Waals surface area contributed by atoms with Gasteiger partial charge >= 0.3 is 0 Å². The fourth-order valence-electron chi connectivity index (χ4n) is 2.94. The lowest BCUT2D eigenvalue weighted by Gasteiger charge is -2.30. The first-order valence-electron chi connectivity index (χ1n) is 7.19. The van der Waals surface area contributed by atoms with Crippen LogP contribution in [0.2, 0.25) is 0 Å². The minimum atomic E-state index is 0.121. The first-order valence-corrected chi connectivity index (χ1v) is 7.19. The Labute approximate surface area is 118 Å². The summed E-state index contributed by atoms with van der Waals surface area (Å²) in [6.45, 7) is 1.06. The summed E-state index contributed by atoms with van der Waals surface area (Å²) in [7, 11) is 0. The molecule has 20 heavy (non-hydrogen) atoms. The minimum Gasteiger partial charge on any atom is -0.394 e. The van der Waals surface area contributed by atoms with Gasteiger partial charge in [-0.3, -0.25) is 0 Å². The van der Waals surface area contributed by atoms with Crippen molar-refractivity contribution >= 4 is 22.7 Å². The van der Waals surface area contributed by atoms with Crippen LogP contribution in [0.25, 0.3) is 10.9 Å². The molecule has 5 heteroatoms. The van der Waals surface area contributed by atoms with Crippen LogP contribution in [0.4, 0.5) is 11.8 Å². The van der Waals surface area contributed by atoms with Crippen molar-refractivity contribution in [3.8, 4) is 0 Å². The molecule has 1 aliphatic rings. The van der Waals surface area contributed by atoms with Crippen LogP contribution < -0.4 is 10.6 Å². The molecule has 1 atom stereocenters. The monoisotopic (exact) mass is 272 g/mol. The number of hydrogen-bond donors (Lipinski definition) is 2. The quantitative estimate of drug-likeness (QED) is 0.874. The van der Waals surface area contributed by atoms with E-state index in [1.807, 2.05) is 24.3 Å². The molecule has 3 N–H and O–H groups in total. The zero-order chi connectivity index (χ0) is 13.9. The molecular weight excluding hydrogens is 252 g/mol. The molecule has 1 aromatic carbocycles. The van der Waals surface area contributed by atoms with Gasteiger partial charge in [0.05, 0.1) is 18.2 Å². The third-order valence-corrected chi connectivity index (χ3v) is 3.96. The fourth-order valence-corrected chi connectivity index (χ4v) is 2.94. The highest BCUT2D eigenvalue weighted by atomic mass is 16.3. The van der Waals surface area contributed by atoms with E-state index in [4.69, 9.17) is 5.73 Å². The van der Waals surface area contributed by atoms with E-state index >= 15 is 0 Å².